The van der Waals surface area contributed by atoms with E-state index in [1.807, 2.05) is 0 Å². The van der Waals surface area contributed by atoms with Crippen LogP contribution in [-0.4, -0.2) is 107 Å². The zero-order chi connectivity index (χ0) is 45.6. The largest absolute Gasteiger partial charge is 0.508 e. The predicted molar refractivity (Wildman–Crippen MR) is 208 cm³/mol. The maximum Gasteiger partial charge on any atom is 0.344 e. The second kappa shape index (κ2) is 21.2. The summed E-state index contributed by atoms with van der Waals surface area (Å²) in [5.74, 6) is -7.70. The van der Waals surface area contributed by atoms with E-state index in [0.717, 1.165) is 25.1 Å². The molecule has 0 aliphatic heterocycles. The van der Waals surface area contributed by atoms with Crippen LogP contribution in [0, 0.1) is 6.92 Å². The van der Waals surface area contributed by atoms with Gasteiger partial charge >= 0.3 is 47.8 Å². The number of aryl methyl sites for hydroxylation is 1. The van der Waals surface area contributed by atoms with Crippen LogP contribution < -0.4 is 0 Å². The van der Waals surface area contributed by atoms with Crippen LogP contribution in [0.5, 0.6) is 11.5 Å². The molecule has 2 N–H and O–H groups in total. The second-order valence-electron chi connectivity index (χ2n) is 16.3. The van der Waals surface area contributed by atoms with Gasteiger partial charge in [-0.3, -0.25) is 4.79 Å². The van der Waals surface area contributed by atoms with Gasteiger partial charge in [0.15, 0.2) is 26.4 Å². The fourth-order valence-electron chi connectivity index (χ4n) is 5.27. The van der Waals surface area contributed by atoms with Crippen molar-refractivity contribution in [2.75, 3.05) is 26.4 Å². The van der Waals surface area contributed by atoms with Gasteiger partial charge in [-0.25, -0.2) is 33.6 Å². The third-order valence-electron chi connectivity index (χ3n) is 8.26. The van der Waals surface area contributed by atoms with Gasteiger partial charge in [0.1, 0.15) is 33.9 Å². The summed E-state index contributed by atoms with van der Waals surface area (Å²) in [5.41, 5.74) is -4.21. The van der Waals surface area contributed by atoms with Crippen LogP contribution in [0.25, 0.3) is 0 Å². The maximum atomic E-state index is 12.8. The number of carbonyl (C=O) groups excluding carboxylic acids is 8. The number of hydrogen-bond donors (Lipinski definition) is 2. The number of hydrogen-bond acceptors (Lipinski definition) is 18. The third-order valence-corrected chi connectivity index (χ3v) is 8.26. The molecule has 0 saturated heterocycles. The van der Waals surface area contributed by atoms with Crippen molar-refractivity contribution >= 4 is 47.8 Å². The van der Waals surface area contributed by atoms with Crippen molar-refractivity contribution in [3.8, 4) is 11.5 Å². The van der Waals surface area contributed by atoms with E-state index in [2.05, 4.69) is 4.74 Å². The number of carbonyl (C=O) groups is 8. The number of benzene rings is 2. The van der Waals surface area contributed by atoms with E-state index in [1.54, 1.807) is 62.3 Å². The van der Waals surface area contributed by atoms with Crippen molar-refractivity contribution in [3.63, 3.8) is 0 Å². The number of rotatable bonds is 21. The van der Waals surface area contributed by atoms with Gasteiger partial charge in [0.25, 0.3) is 0 Å². The van der Waals surface area contributed by atoms with E-state index in [-0.39, 0.29) is 48.1 Å². The Bertz CT molecular complexity index is 1900. The number of aromatic hydroxyl groups is 2. The summed E-state index contributed by atoms with van der Waals surface area (Å²) < 4.78 is 41.3. The summed E-state index contributed by atoms with van der Waals surface area (Å²) in [4.78, 5) is 98.2. The molecular formula is C42H54O18. The van der Waals surface area contributed by atoms with Gasteiger partial charge in [-0.1, -0.05) is 0 Å². The van der Waals surface area contributed by atoms with Crippen molar-refractivity contribution in [1.82, 2.24) is 0 Å². The van der Waals surface area contributed by atoms with Gasteiger partial charge in [-0.2, -0.15) is 0 Å². The highest BCUT2D eigenvalue weighted by Gasteiger charge is 2.32. The highest BCUT2D eigenvalue weighted by molar-refractivity contribution is 5.97. The van der Waals surface area contributed by atoms with Crippen molar-refractivity contribution < 1.29 is 86.5 Å². The molecule has 0 aliphatic rings. The lowest BCUT2D eigenvalue weighted by Gasteiger charge is -2.31. The van der Waals surface area contributed by atoms with Crippen molar-refractivity contribution in [2.45, 2.75) is 117 Å². The molecule has 0 atom stereocenters. The van der Waals surface area contributed by atoms with Crippen LogP contribution in [-0.2, 0) is 61.9 Å². The first-order valence-corrected chi connectivity index (χ1v) is 18.7. The Morgan fingerprint density at radius 3 is 0.983 bits per heavy atom. The van der Waals surface area contributed by atoms with Gasteiger partial charge in [0, 0.05) is 6.92 Å². The summed E-state index contributed by atoms with van der Waals surface area (Å²) in [6.45, 7) is 12.8. The van der Waals surface area contributed by atoms with E-state index in [9.17, 15) is 48.6 Å². The first-order valence-electron chi connectivity index (χ1n) is 18.7. The van der Waals surface area contributed by atoms with Crippen LogP contribution in [0.15, 0.2) is 36.4 Å². The molecule has 0 heterocycles. The van der Waals surface area contributed by atoms with Gasteiger partial charge in [0.2, 0.25) is 0 Å². The number of esters is 8. The molecule has 2 rings (SSSR count). The lowest BCUT2D eigenvalue weighted by Crippen LogP contribution is -2.36. The van der Waals surface area contributed by atoms with E-state index in [0.29, 0.717) is 5.56 Å². The molecule has 2 aromatic carbocycles. The lowest BCUT2D eigenvalue weighted by atomic mass is 9.94. The standard InChI is InChI=1S/C42H54O18/c1-25-15-27(18-30(44)16-25)36(50)54-22-33(47)58-41(7,8)13-14-42(9,10)60-35(49)24-56-38(52)29-17-28(19-31(45)20-29)37(51)55-23-34(48)59-40(5,6)12-11-39(3,4)57-32(46)21-53-26(2)43/h15-20,44-45H,11-14,21-24H2,1-10H3. The van der Waals surface area contributed by atoms with Crippen LogP contribution in [0.3, 0.4) is 0 Å². The minimum absolute atomic E-state index is 0.0664. The van der Waals surface area contributed by atoms with Gasteiger partial charge < -0.3 is 48.1 Å². The van der Waals surface area contributed by atoms with Crippen molar-refractivity contribution in [3.05, 3.63) is 58.7 Å². The summed E-state index contributed by atoms with van der Waals surface area (Å²) >= 11 is 0. The molecule has 60 heavy (non-hydrogen) atoms. The number of phenolic OH excluding ortho intramolecular Hbond substituents is 2. The Hall–Kier alpha value is -6.20. The molecule has 2 aromatic rings. The Kier molecular flexibility index (Phi) is 17.6. The summed E-state index contributed by atoms with van der Waals surface area (Å²) in [5, 5.41) is 19.9. The predicted octanol–water partition coefficient (Wildman–Crippen LogP) is 4.99. The minimum atomic E-state index is -1.12. The van der Waals surface area contributed by atoms with Crippen molar-refractivity contribution in [1.29, 1.82) is 0 Å². The Morgan fingerprint density at radius 1 is 0.433 bits per heavy atom. The van der Waals surface area contributed by atoms with Crippen LogP contribution in [0.1, 0.15) is 125 Å². The van der Waals surface area contributed by atoms with E-state index in [1.165, 1.54) is 18.2 Å². The zero-order valence-electron chi connectivity index (χ0n) is 35.5. The highest BCUT2D eigenvalue weighted by Crippen LogP contribution is 2.27. The van der Waals surface area contributed by atoms with Gasteiger partial charge in [-0.15, -0.1) is 0 Å². The molecule has 0 saturated carbocycles. The Balaban J connectivity index is 1.83. The topological polar surface area (TPSA) is 251 Å². The highest BCUT2D eigenvalue weighted by atomic mass is 16.6. The quantitative estimate of drug-likeness (QED) is 0.124. The van der Waals surface area contributed by atoms with E-state index < -0.39 is 102 Å². The normalized spacial score (nSPS) is 11.7. The van der Waals surface area contributed by atoms with E-state index in [4.69, 9.17) is 33.2 Å². The molecule has 0 aliphatic carbocycles. The molecule has 18 heteroatoms. The SMILES string of the molecule is CC(=O)OCC(=O)OC(C)(C)CCC(C)(C)OC(=O)COC(=O)c1cc(O)cc(C(=O)OCC(=O)OC(C)(C)CCC(C)(C)OC(=O)COC(=O)c2cc(C)cc(O)c2)c1. The Labute approximate surface area is 347 Å². The van der Waals surface area contributed by atoms with Crippen LogP contribution in [0.2, 0.25) is 0 Å². The molecular weight excluding hydrogens is 792 g/mol. The van der Waals surface area contributed by atoms with Crippen LogP contribution >= 0.6 is 0 Å². The Morgan fingerprint density at radius 2 is 0.700 bits per heavy atom. The third kappa shape index (κ3) is 19.0. The molecule has 0 fully saturated rings. The van der Waals surface area contributed by atoms with E-state index >= 15 is 0 Å². The monoisotopic (exact) mass is 846 g/mol. The van der Waals surface area contributed by atoms with Crippen LogP contribution in [0.4, 0.5) is 0 Å². The molecule has 0 spiro atoms. The van der Waals surface area contributed by atoms with Crippen molar-refractivity contribution in [2.24, 2.45) is 0 Å². The first-order chi connectivity index (χ1) is 27.6. The lowest BCUT2D eigenvalue weighted by molar-refractivity contribution is -0.170. The van der Waals surface area contributed by atoms with Gasteiger partial charge in [0.05, 0.1) is 16.7 Å². The number of ether oxygens (including phenoxy) is 8. The smallest absolute Gasteiger partial charge is 0.344 e. The average Bonchev–Trinajstić information content (AvgIpc) is 3.11. The molecule has 330 valence electrons. The average molecular weight is 847 g/mol. The number of phenols is 2. The molecule has 0 bridgehead atoms. The summed E-state index contributed by atoms with van der Waals surface area (Å²) in [6, 6.07) is 7.15. The summed E-state index contributed by atoms with van der Waals surface area (Å²) in [6.07, 6.45) is 0.869. The fourth-order valence-corrected chi connectivity index (χ4v) is 5.27. The molecule has 0 aromatic heterocycles. The zero-order valence-corrected chi connectivity index (χ0v) is 35.5. The maximum absolute atomic E-state index is 12.8. The molecule has 0 radical (unpaired) electrons. The fraction of sp³-hybridized carbons (Fsp3) is 0.524. The minimum Gasteiger partial charge on any atom is -0.508 e. The molecule has 0 amide bonds. The summed E-state index contributed by atoms with van der Waals surface area (Å²) in [7, 11) is 0. The molecule has 18 nitrogen and oxygen atoms in total. The second-order valence-corrected chi connectivity index (χ2v) is 16.3. The van der Waals surface area contributed by atoms with Gasteiger partial charge in [-0.05, 0) is 130 Å². The first kappa shape index (κ1) is 49.9. The molecule has 0 unspecified atom stereocenters.